The van der Waals surface area contributed by atoms with Gasteiger partial charge in [0.2, 0.25) is 0 Å². The first-order valence-corrected chi connectivity index (χ1v) is 6.90. The lowest BCUT2D eigenvalue weighted by Crippen LogP contribution is -2.11. The van der Waals surface area contributed by atoms with E-state index in [0.717, 1.165) is 9.92 Å². The summed E-state index contributed by atoms with van der Waals surface area (Å²) in [6.45, 7) is 0. The molecular formula is C13H11N5O2S. The summed E-state index contributed by atoms with van der Waals surface area (Å²) >= 11 is 1.43. The molecule has 1 aromatic heterocycles. The molecule has 0 N–H and O–H groups in total. The van der Waals surface area contributed by atoms with Crippen LogP contribution in [0.4, 0.5) is 17.2 Å². The van der Waals surface area contributed by atoms with Crippen LogP contribution >= 0.6 is 11.8 Å². The fourth-order valence-electron chi connectivity index (χ4n) is 1.95. The van der Waals surface area contributed by atoms with Crippen LogP contribution in [-0.4, -0.2) is 35.2 Å². The van der Waals surface area contributed by atoms with E-state index in [-0.39, 0.29) is 5.69 Å². The molecule has 7 nitrogen and oxygen atoms in total. The molecule has 0 saturated heterocycles. The van der Waals surface area contributed by atoms with Crippen LogP contribution in [0, 0.1) is 10.1 Å². The molecule has 1 aliphatic heterocycles. The van der Waals surface area contributed by atoms with Gasteiger partial charge in [0.1, 0.15) is 17.0 Å². The molecule has 1 aliphatic rings. The lowest BCUT2D eigenvalue weighted by molar-refractivity contribution is -0.384. The molecule has 0 aliphatic carbocycles. The Morgan fingerprint density at radius 3 is 2.81 bits per heavy atom. The van der Waals surface area contributed by atoms with Gasteiger partial charge in [-0.05, 0) is 6.07 Å². The maximum absolute atomic E-state index is 10.9. The summed E-state index contributed by atoms with van der Waals surface area (Å²) in [5.74, 6) is 0.714. The van der Waals surface area contributed by atoms with Gasteiger partial charge in [-0.1, -0.05) is 11.8 Å². The maximum Gasteiger partial charge on any atom is 0.270 e. The predicted octanol–water partition coefficient (Wildman–Crippen LogP) is 2.67. The van der Waals surface area contributed by atoms with Crippen LogP contribution < -0.4 is 4.90 Å². The average Bonchev–Trinajstić information content (AvgIpc) is 2.64. The summed E-state index contributed by atoms with van der Waals surface area (Å²) in [6, 6.07) is 4.72. The Balaban J connectivity index is 2.13. The van der Waals surface area contributed by atoms with E-state index < -0.39 is 4.92 Å². The number of hydrogen-bond acceptors (Lipinski definition) is 7. The van der Waals surface area contributed by atoms with E-state index >= 15 is 0 Å². The van der Waals surface area contributed by atoms with E-state index in [4.69, 9.17) is 0 Å². The molecule has 1 aromatic carbocycles. The van der Waals surface area contributed by atoms with E-state index in [2.05, 4.69) is 15.0 Å². The minimum Gasteiger partial charge on any atom is -0.361 e. The van der Waals surface area contributed by atoms with Gasteiger partial charge in [0, 0.05) is 42.9 Å². The molecule has 0 spiro atoms. The largest absolute Gasteiger partial charge is 0.361 e. The van der Waals surface area contributed by atoms with Crippen LogP contribution in [0.3, 0.4) is 0 Å². The van der Waals surface area contributed by atoms with Crippen LogP contribution in [0.1, 0.15) is 5.56 Å². The van der Waals surface area contributed by atoms with Crippen molar-refractivity contribution in [3.05, 3.63) is 40.2 Å². The van der Waals surface area contributed by atoms with Crippen LogP contribution in [0.2, 0.25) is 0 Å². The second-order valence-corrected chi connectivity index (χ2v) is 5.62. The number of rotatable bonds is 2. The highest BCUT2D eigenvalue weighted by Crippen LogP contribution is 2.41. The molecule has 3 rings (SSSR count). The lowest BCUT2D eigenvalue weighted by atomic mass is 10.2. The van der Waals surface area contributed by atoms with Gasteiger partial charge in [-0.2, -0.15) is 0 Å². The van der Waals surface area contributed by atoms with Crippen molar-refractivity contribution < 1.29 is 4.92 Å². The monoisotopic (exact) mass is 301 g/mol. The number of fused-ring (bicyclic) bond motifs is 2. The molecule has 106 valence electrons. The van der Waals surface area contributed by atoms with Gasteiger partial charge in [-0.15, -0.1) is 0 Å². The van der Waals surface area contributed by atoms with Gasteiger partial charge in [0.25, 0.3) is 5.69 Å². The minimum absolute atomic E-state index is 0.0469. The van der Waals surface area contributed by atoms with Gasteiger partial charge in [0.15, 0.2) is 5.82 Å². The highest BCUT2D eigenvalue weighted by molar-refractivity contribution is 7.99. The van der Waals surface area contributed by atoms with Crippen molar-refractivity contribution in [3.8, 4) is 0 Å². The molecule has 0 amide bonds. The number of hydrogen-bond donors (Lipinski definition) is 0. The van der Waals surface area contributed by atoms with E-state index in [0.29, 0.717) is 17.1 Å². The first-order valence-electron chi connectivity index (χ1n) is 6.09. The van der Waals surface area contributed by atoms with Crippen molar-refractivity contribution >= 4 is 35.2 Å². The molecular weight excluding hydrogens is 290 g/mol. The molecule has 0 atom stereocenters. The Morgan fingerprint density at radius 2 is 2.10 bits per heavy atom. The smallest absolute Gasteiger partial charge is 0.270 e. The van der Waals surface area contributed by atoms with Crippen LogP contribution in [-0.2, 0) is 0 Å². The number of anilines is 1. The lowest BCUT2D eigenvalue weighted by Gasteiger charge is -2.14. The Labute approximate surface area is 124 Å². The number of nitrogens with zero attached hydrogens (tertiary/aromatic N) is 5. The first kappa shape index (κ1) is 13.5. The Morgan fingerprint density at radius 1 is 1.29 bits per heavy atom. The maximum atomic E-state index is 10.9. The SMILES string of the molecule is CN(C)c1ncnc2c1N=Cc1cc([N+](=O)[O-])ccc1S2. The number of aliphatic imine (C=N–C) groups is 1. The van der Waals surface area contributed by atoms with Gasteiger partial charge in [-0.3, -0.25) is 10.1 Å². The molecule has 0 fully saturated rings. The third-order valence-electron chi connectivity index (χ3n) is 2.94. The number of aromatic nitrogens is 2. The Bertz CT molecular complexity index is 760. The van der Waals surface area contributed by atoms with Crippen molar-refractivity contribution in [2.75, 3.05) is 19.0 Å². The van der Waals surface area contributed by atoms with Crippen molar-refractivity contribution in [3.63, 3.8) is 0 Å². The molecule has 21 heavy (non-hydrogen) atoms. The van der Waals surface area contributed by atoms with Gasteiger partial charge >= 0.3 is 0 Å². The molecule has 0 bridgehead atoms. The van der Waals surface area contributed by atoms with E-state index in [1.807, 2.05) is 19.0 Å². The minimum atomic E-state index is -0.415. The zero-order chi connectivity index (χ0) is 15.0. The highest BCUT2D eigenvalue weighted by Gasteiger charge is 2.19. The summed E-state index contributed by atoms with van der Waals surface area (Å²) in [5, 5.41) is 11.6. The third-order valence-corrected chi connectivity index (χ3v) is 4.02. The zero-order valence-electron chi connectivity index (χ0n) is 11.3. The fourth-order valence-corrected chi connectivity index (χ4v) is 2.86. The van der Waals surface area contributed by atoms with Crippen molar-refractivity contribution in [2.45, 2.75) is 9.92 Å². The summed E-state index contributed by atoms with van der Waals surface area (Å²) in [4.78, 5) is 26.1. The van der Waals surface area contributed by atoms with E-state index in [1.165, 1.54) is 30.2 Å². The van der Waals surface area contributed by atoms with Crippen LogP contribution in [0.15, 0.2) is 39.4 Å². The zero-order valence-corrected chi connectivity index (χ0v) is 12.2. The summed E-state index contributed by atoms with van der Waals surface area (Å²) < 4.78 is 0. The fraction of sp³-hybridized carbons (Fsp3) is 0.154. The third kappa shape index (κ3) is 2.45. The van der Waals surface area contributed by atoms with E-state index in [9.17, 15) is 10.1 Å². The van der Waals surface area contributed by atoms with Crippen molar-refractivity contribution in [1.29, 1.82) is 0 Å². The van der Waals surface area contributed by atoms with Gasteiger partial charge in [-0.25, -0.2) is 15.0 Å². The van der Waals surface area contributed by atoms with Crippen LogP contribution in [0.5, 0.6) is 0 Å². The second-order valence-electron chi connectivity index (χ2n) is 4.58. The molecule has 0 unspecified atom stereocenters. The second kappa shape index (κ2) is 5.13. The Kier molecular flexibility index (Phi) is 3.30. The summed E-state index contributed by atoms with van der Waals surface area (Å²) in [6.07, 6.45) is 3.12. The topological polar surface area (TPSA) is 84.5 Å². The van der Waals surface area contributed by atoms with Crippen molar-refractivity contribution in [1.82, 2.24) is 9.97 Å². The van der Waals surface area contributed by atoms with Gasteiger partial charge in [0.05, 0.1) is 4.92 Å². The van der Waals surface area contributed by atoms with Crippen LogP contribution in [0.25, 0.3) is 0 Å². The number of nitro groups is 1. The standard InChI is InChI=1S/C13H11N5O2S/c1-17(2)12-11-13(16-7-15-12)21-10-4-3-9(18(19)20)5-8(10)6-14-11/h3-7H,1-2H3. The number of nitro benzene ring substituents is 1. The predicted molar refractivity (Wildman–Crippen MR) is 80.8 cm³/mol. The normalized spacial score (nSPS) is 12.3. The summed E-state index contributed by atoms with van der Waals surface area (Å²) in [5.41, 5.74) is 1.42. The number of benzene rings is 1. The number of non-ortho nitro benzene ring substituents is 1. The molecule has 8 heteroatoms. The van der Waals surface area contributed by atoms with E-state index in [1.54, 1.807) is 12.3 Å². The van der Waals surface area contributed by atoms with Crippen molar-refractivity contribution in [2.24, 2.45) is 4.99 Å². The quantitative estimate of drug-likeness (QED) is 0.411. The molecule has 0 radical (unpaired) electrons. The molecule has 0 saturated carbocycles. The average molecular weight is 301 g/mol. The summed E-state index contributed by atoms with van der Waals surface area (Å²) in [7, 11) is 3.76. The van der Waals surface area contributed by atoms with Gasteiger partial charge < -0.3 is 4.90 Å². The molecule has 2 aromatic rings. The first-order chi connectivity index (χ1) is 10.1. The highest BCUT2D eigenvalue weighted by atomic mass is 32.2. The molecule has 2 heterocycles. The Hall–Kier alpha value is -2.48.